The first-order chi connectivity index (χ1) is 6.91. The van der Waals surface area contributed by atoms with Crippen LogP contribution in [0.1, 0.15) is 32.3 Å². The van der Waals surface area contributed by atoms with Crippen molar-refractivity contribution in [3.63, 3.8) is 0 Å². The topological polar surface area (TPSA) is 29.1 Å². The van der Waals surface area contributed by atoms with E-state index in [0.717, 1.165) is 15.7 Å². The summed E-state index contributed by atoms with van der Waals surface area (Å²) in [5.41, 5.74) is 1.79. The molecule has 0 aliphatic heterocycles. The largest absolute Gasteiger partial charge is 0.325 e. The van der Waals surface area contributed by atoms with E-state index in [-0.39, 0.29) is 5.91 Å². The Bertz CT molecular complexity index is 390. The van der Waals surface area contributed by atoms with Gasteiger partial charge in [0.2, 0.25) is 5.91 Å². The van der Waals surface area contributed by atoms with Gasteiger partial charge in [-0.25, -0.2) is 0 Å². The molecule has 0 bridgehead atoms. The summed E-state index contributed by atoms with van der Waals surface area (Å²) in [6, 6.07) is 3.71. The summed E-state index contributed by atoms with van der Waals surface area (Å²) in [4.78, 5) is 11.0. The van der Waals surface area contributed by atoms with E-state index in [0.29, 0.717) is 10.9 Å². The van der Waals surface area contributed by atoms with Crippen LogP contribution in [-0.2, 0) is 4.79 Å². The van der Waals surface area contributed by atoms with Crippen molar-refractivity contribution in [2.75, 3.05) is 5.32 Å². The zero-order valence-corrected chi connectivity index (χ0v) is 11.2. The molecule has 0 aliphatic rings. The monoisotopic (exact) mass is 289 g/mol. The normalized spacial score (nSPS) is 10.5. The molecule has 0 fully saturated rings. The van der Waals surface area contributed by atoms with Crippen LogP contribution in [0.2, 0.25) is 5.02 Å². The lowest BCUT2D eigenvalue weighted by atomic mass is 10.0. The van der Waals surface area contributed by atoms with Gasteiger partial charge in [-0.1, -0.05) is 25.4 Å². The number of hydrogen-bond acceptors (Lipinski definition) is 1. The lowest BCUT2D eigenvalue weighted by Crippen LogP contribution is -2.07. The van der Waals surface area contributed by atoms with E-state index < -0.39 is 0 Å². The molecule has 1 aromatic carbocycles. The van der Waals surface area contributed by atoms with Gasteiger partial charge in [0, 0.05) is 16.4 Å². The van der Waals surface area contributed by atoms with Crippen LogP contribution in [0.4, 0.5) is 5.69 Å². The first-order valence-electron chi connectivity index (χ1n) is 4.68. The molecule has 0 heterocycles. The summed E-state index contributed by atoms with van der Waals surface area (Å²) in [5.74, 6) is 0.242. The Morgan fingerprint density at radius 2 is 2.07 bits per heavy atom. The number of carbonyl (C=O) groups excluding carboxylic acids is 1. The van der Waals surface area contributed by atoms with Crippen LogP contribution in [0.25, 0.3) is 0 Å². The average Bonchev–Trinajstić information content (AvgIpc) is 2.08. The fraction of sp³-hybridized carbons (Fsp3) is 0.364. The van der Waals surface area contributed by atoms with E-state index in [1.165, 1.54) is 6.92 Å². The maximum Gasteiger partial charge on any atom is 0.221 e. The third-order valence-corrected chi connectivity index (χ3v) is 3.00. The van der Waals surface area contributed by atoms with Gasteiger partial charge in [-0.05, 0) is 39.5 Å². The Labute approximate surface area is 103 Å². The molecular formula is C11H13BrClNO. The summed E-state index contributed by atoms with van der Waals surface area (Å²) in [6.07, 6.45) is 0. The molecule has 15 heavy (non-hydrogen) atoms. The zero-order valence-electron chi connectivity index (χ0n) is 8.90. The second-order valence-corrected chi connectivity index (χ2v) is 4.95. The maximum absolute atomic E-state index is 11.0. The molecule has 2 nitrogen and oxygen atoms in total. The van der Waals surface area contributed by atoms with Gasteiger partial charge in [0.05, 0.1) is 5.69 Å². The van der Waals surface area contributed by atoms with Crippen LogP contribution in [-0.4, -0.2) is 5.91 Å². The third kappa shape index (κ3) is 3.21. The molecule has 1 N–H and O–H groups in total. The van der Waals surface area contributed by atoms with E-state index >= 15 is 0 Å². The van der Waals surface area contributed by atoms with E-state index in [4.69, 9.17) is 11.6 Å². The van der Waals surface area contributed by atoms with Gasteiger partial charge in [0.25, 0.3) is 0 Å². The van der Waals surface area contributed by atoms with Crippen LogP contribution < -0.4 is 5.32 Å². The Morgan fingerprint density at radius 3 is 2.53 bits per heavy atom. The van der Waals surface area contributed by atoms with Crippen molar-refractivity contribution in [1.29, 1.82) is 0 Å². The number of carbonyl (C=O) groups is 1. The molecule has 4 heteroatoms. The zero-order chi connectivity index (χ0) is 11.6. The molecule has 0 saturated carbocycles. The summed E-state index contributed by atoms with van der Waals surface area (Å²) in [5, 5.41) is 3.46. The van der Waals surface area contributed by atoms with Gasteiger partial charge in [-0.3, -0.25) is 4.79 Å². The molecule has 0 aromatic heterocycles. The predicted molar refractivity (Wildman–Crippen MR) is 67.5 cm³/mol. The van der Waals surface area contributed by atoms with Crippen LogP contribution in [0, 0.1) is 0 Å². The summed E-state index contributed by atoms with van der Waals surface area (Å²) in [6.45, 7) is 5.61. The first kappa shape index (κ1) is 12.5. The van der Waals surface area contributed by atoms with Gasteiger partial charge in [0.15, 0.2) is 0 Å². The van der Waals surface area contributed by atoms with Gasteiger partial charge in [0.1, 0.15) is 0 Å². The molecular weight excluding hydrogens is 277 g/mol. The van der Waals surface area contributed by atoms with Crippen molar-refractivity contribution in [1.82, 2.24) is 0 Å². The second kappa shape index (κ2) is 4.99. The van der Waals surface area contributed by atoms with Crippen LogP contribution in [0.5, 0.6) is 0 Å². The number of halogens is 2. The Morgan fingerprint density at radius 1 is 1.47 bits per heavy atom. The molecule has 1 amide bonds. The number of anilines is 1. The second-order valence-electron chi connectivity index (χ2n) is 3.69. The summed E-state index contributed by atoms with van der Waals surface area (Å²) >= 11 is 9.45. The SMILES string of the molecule is CC(=O)Nc1cc(C(C)C)c(Cl)cc1Br. The molecule has 0 saturated heterocycles. The van der Waals surface area contributed by atoms with Gasteiger partial charge < -0.3 is 5.32 Å². The molecule has 0 spiro atoms. The molecule has 1 aromatic rings. The van der Waals surface area contributed by atoms with Gasteiger partial charge in [-0.15, -0.1) is 0 Å². The highest BCUT2D eigenvalue weighted by Gasteiger charge is 2.10. The van der Waals surface area contributed by atoms with Crippen molar-refractivity contribution in [3.8, 4) is 0 Å². The average molecular weight is 291 g/mol. The molecule has 0 radical (unpaired) electrons. The molecule has 1 rings (SSSR count). The number of benzene rings is 1. The number of amides is 1. The Kier molecular flexibility index (Phi) is 4.17. The highest BCUT2D eigenvalue weighted by atomic mass is 79.9. The predicted octanol–water partition coefficient (Wildman–Crippen LogP) is 4.18. The quantitative estimate of drug-likeness (QED) is 0.869. The van der Waals surface area contributed by atoms with Crippen molar-refractivity contribution < 1.29 is 4.79 Å². The Hall–Kier alpha value is -0.540. The van der Waals surface area contributed by atoms with E-state index in [9.17, 15) is 4.79 Å². The van der Waals surface area contributed by atoms with Crippen molar-refractivity contribution >= 4 is 39.1 Å². The van der Waals surface area contributed by atoms with E-state index in [1.807, 2.05) is 12.1 Å². The van der Waals surface area contributed by atoms with E-state index in [2.05, 4.69) is 35.1 Å². The minimum absolute atomic E-state index is 0.0901. The molecule has 0 aliphatic carbocycles. The van der Waals surface area contributed by atoms with Gasteiger partial charge in [-0.2, -0.15) is 0 Å². The maximum atomic E-state index is 11.0. The smallest absolute Gasteiger partial charge is 0.221 e. The summed E-state index contributed by atoms with van der Waals surface area (Å²) in [7, 11) is 0. The van der Waals surface area contributed by atoms with E-state index in [1.54, 1.807) is 0 Å². The number of hydrogen-bond donors (Lipinski definition) is 1. The fourth-order valence-corrected chi connectivity index (χ4v) is 2.25. The number of nitrogens with one attached hydrogen (secondary N) is 1. The highest BCUT2D eigenvalue weighted by Crippen LogP contribution is 2.33. The van der Waals surface area contributed by atoms with Crippen LogP contribution >= 0.6 is 27.5 Å². The van der Waals surface area contributed by atoms with Crippen molar-refractivity contribution in [2.24, 2.45) is 0 Å². The highest BCUT2D eigenvalue weighted by molar-refractivity contribution is 9.10. The third-order valence-electron chi connectivity index (χ3n) is 2.02. The standard InChI is InChI=1S/C11H13BrClNO/c1-6(2)8-4-11(14-7(3)15)9(12)5-10(8)13/h4-6H,1-3H3,(H,14,15). The van der Waals surface area contributed by atoms with Gasteiger partial charge >= 0.3 is 0 Å². The molecule has 0 atom stereocenters. The number of rotatable bonds is 2. The van der Waals surface area contributed by atoms with Crippen molar-refractivity contribution in [2.45, 2.75) is 26.7 Å². The van der Waals surface area contributed by atoms with Crippen molar-refractivity contribution in [3.05, 3.63) is 27.2 Å². The van der Waals surface area contributed by atoms with Crippen LogP contribution in [0.3, 0.4) is 0 Å². The van der Waals surface area contributed by atoms with Crippen LogP contribution in [0.15, 0.2) is 16.6 Å². The summed E-state index contributed by atoms with van der Waals surface area (Å²) < 4.78 is 0.798. The fourth-order valence-electron chi connectivity index (χ4n) is 1.29. The minimum atomic E-state index is -0.0901. The first-order valence-corrected chi connectivity index (χ1v) is 5.85. The Balaban J connectivity index is 3.17. The molecule has 82 valence electrons. The lowest BCUT2D eigenvalue weighted by Gasteiger charge is -2.12. The molecule has 0 unspecified atom stereocenters. The lowest BCUT2D eigenvalue weighted by molar-refractivity contribution is -0.114. The minimum Gasteiger partial charge on any atom is -0.325 e.